The van der Waals surface area contributed by atoms with Crippen LogP contribution in [0.1, 0.15) is 71.3 Å². The maximum atomic E-state index is 12.5. The summed E-state index contributed by atoms with van der Waals surface area (Å²) in [6, 6.07) is 14.8. The van der Waals surface area contributed by atoms with E-state index in [1.807, 2.05) is 32.1 Å². The van der Waals surface area contributed by atoms with Gasteiger partial charge in [0.05, 0.1) is 13.2 Å². The number of rotatable bonds is 13. The van der Waals surface area contributed by atoms with Crippen molar-refractivity contribution in [2.75, 3.05) is 44.4 Å². The molecule has 0 atom stereocenters. The SMILES string of the molecule is CCCCOCCOc1ccc(-c2ccc(N3CCCCCC3)c(C=C(CC)C(=O)OCC)c2)cc1. The van der Waals surface area contributed by atoms with Crippen molar-refractivity contribution < 1.29 is 19.0 Å². The van der Waals surface area contributed by atoms with Crippen LogP contribution in [0.3, 0.4) is 0 Å². The highest BCUT2D eigenvalue weighted by Crippen LogP contribution is 2.32. The number of benzene rings is 2. The van der Waals surface area contributed by atoms with E-state index in [0.29, 0.717) is 31.8 Å². The highest BCUT2D eigenvalue weighted by molar-refractivity contribution is 5.95. The maximum Gasteiger partial charge on any atom is 0.333 e. The van der Waals surface area contributed by atoms with Gasteiger partial charge in [0, 0.05) is 31.0 Å². The van der Waals surface area contributed by atoms with Crippen molar-refractivity contribution >= 4 is 17.7 Å². The Morgan fingerprint density at radius 1 is 0.889 bits per heavy atom. The van der Waals surface area contributed by atoms with Gasteiger partial charge in [0.2, 0.25) is 0 Å². The Morgan fingerprint density at radius 2 is 1.61 bits per heavy atom. The largest absolute Gasteiger partial charge is 0.491 e. The molecule has 2 aromatic carbocycles. The predicted octanol–water partition coefficient (Wildman–Crippen LogP) is 7.29. The van der Waals surface area contributed by atoms with Gasteiger partial charge in [-0.1, -0.05) is 51.3 Å². The Bertz CT molecular complexity index is 959. The molecular formula is C31H43NO4. The van der Waals surface area contributed by atoms with Crippen LogP contribution in [0, 0.1) is 0 Å². The summed E-state index contributed by atoms with van der Waals surface area (Å²) in [7, 11) is 0. The highest BCUT2D eigenvalue weighted by atomic mass is 16.5. The monoisotopic (exact) mass is 493 g/mol. The molecule has 5 nitrogen and oxygen atoms in total. The third-order valence-corrected chi connectivity index (χ3v) is 6.55. The van der Waals surface area contributed by atoms with Crippen LogP contribution in [0.5, 0.6) is 5.75 Å². The van der Waals surface area contributed by atoms with Gasteiger partial charge in [0.15, 0.2) is 0 Å². The zero-order valence-corrected chi connectivity index (χ0v) is 22.4. The number of hydrogen-bond acceptors (Lipinski definition) is 5. The molecule has 0 unspecified atom stereocenters. The Balaban J connectivity index is 1.81. The van der Waals surface area contributed by atoms with Crippen LogP contribution < -0.4 is 9.64 Å². The fourth-order valence-electron chi connectivity index (χ4n) is 4.48. The molecule has 1 aliphatic rings. The third-order valence-electron chi connectivity index (χ3n) is 6.55. The molecule has 5 heteroatoms. The first-order chi connectivity index (χ1) is 17.7. The lowest BCUT2D eigenvalue weighted by Crippen LogP contribution is -2.24. The second-order valence-electron chi connectivity index (χ2n) is 9.26. The molecule has 0 amide bonds. The van der Waals surface area contributed by atoms with Gasteiger partial charge in [-0.2, -0.15) is 0 Å². The summed E-state index contributed by atoms with van der Waals surface area (Å²) in [5.41, 5.74) is 5.21. The third kappa shape index (κ3) is 8.41. The molecule has 1 saturated heterocycles. The molecule has 3 rings (SSSR count). The van der Waals surface area contributed by atoms with E-state index in [-0.39, 0.29) is 5.97 Å². The van der Waals surface area contributed by atoms with E-state index in [9.17, 15) is 4.79 Å². The summed E-state index contributed by atoms with van der Waals surface area (Å²) in [6.07, 6.45) is 9.85. The molecular weight excluding hydrogens is 450 g/mol. The molecule has 36 heavy (non-hydrogen) atoms. The lowest BCUT2D eigenvalue weighted by Gasteiger charge is -2.25. The van der Waals surface area contributed by atoms with E-state index in [1.165, 1.54) is 31.4 Å². The first kappa shape index (κ1) is 27.8. The fraction of sp³-hybridized carbons (Fsp3) is 0.516. The van der Waals surface area contributed by atoms with Crippen LogP contribution in [-0.4, -0.2) is 45.5 Å². The van der Waals surface area contributed by atoms with Gasteiger partial charge in [0.25, 0.3) is 0 Å². The van der Waals surface area contributed by atoms with Crippen LogP contribution >= 0.6 is 0 Å². The van der Waals surface area contributed by atoms with Crippen molar-refractivity contribution in [3.8, 4) is 16.9 Å². The summed E-state index contributed by atoms with van der Waals surface area (Å²) >= 11 is 0. The minimum atomic E-state index is -0.229. The number of nitrogens with zero attached hydrogens (tertiary/aromatic N) is 1. The highest BCUT2D eigenvalue weighted by Gasteiger charge is 2.16. The van der Waals surface area contributed by atoms with Gasteiger partial charge < -0.3 is 19.1 Å². The number of unbranched alkanes of at least 4 members (excludes halogenated alkanes) is 1. The lowest BCUT2D eigenvalue weighted by atomic mass is 9.99. The van der Waals surface area contributed by atoms with Crippen LogP contribution in [0.15, 0.2) is 48.0 Å². The Morgan fingerprint density at radius 3 is 2.28 bits per heavy atom. The van der Waals surface area contributed by atoms with Crippen LogP contribution in [-0.2, 0) is 14.3 Å². The number of ether oxygens (including phenoxy) is 3. The van der Waals surface area contributed by atoms with Crippen molar-refractivity contribution in [1.82, 2.24) is 0 Å². The average Bonchev–Trinajstić information content (AvgIpc) is 3.19. The van der Waals surface area contributed by atoms with Gasteiger partial charge >= 0.3 is 5.97 Å². The zero-order valence-electron chi connectivity index (χ0n) is 22.4. The summed E-state index contributed by atoms with van der Waals surface area (Å²) < 4.78 is 16.7. The summed E-state index contributed by atoms with van der Waals surface area (Å²) in [6.45, 7) is 10.4. The van der Waals surface area contributed by atoms with Gasteiger partial charge in [0.1, 0.15) is 12.4 Å². The molecule has 0 N–H and O–H groups in total. The standard InChI is InChI=1S/C31H43NO4/c1-4-7-20-34-21-22-36-29-15-12-26(13-16-29)27-14-17-30(32-18-10-8-9-11-19-32)28(24-27)23-25(5-2)31(33)35-6-3/h12-17,23-24H,4-11,18-22H2,1-3H3. The number of carbonyl (C=O) groups excluding carboxylic acids is 1. The van der Waals surface area contributed by atoms with E-state index >= 15 is 0 Å². The molecule has 196 valence electrons. The first-order valence-electron chi connectivity index (χ1n) is 13.7. The topological polar surface area (TPSA) is 48.0 Å². The number of carbonyl (C=O) groups is 1. The average molecular weight is 494 g/mol. The van der Waals surface area contributed by atoms with E-state index in [1.54, 1.807) is 0 Å². The second-order valence-corrected chi connectivity index (χ2v) is 9.26. The molecule has 0 aromatic heterocycles. The van der Waals surface area contributed by atoms with Crippen LogP contribution in [0.25, 0.3) is 17.2 Å². The van der Waals surface area contributed by atoms with Crippen molar-refractivity contribution in [2.45, 2.75) is 65.7 Å². The van der Waals surface area contributed by atoms with Crippen LogP contribution in [0.2, 0.25) is 0 Å². The van der Waals surface area contributed by atoms with Gasteiger partial charge in [-0.15, -0.1) is 0 Å². The first-order valence-corrected chi connectivity index (χ1v) is 13.7. The lowest BCUT2D eigenvalue weighted by molar-refractivity contribution is -0.138. The minimum absolute atomic E-state index is 0.229. The smallest absolute Gasteiger partial charge is 0.333 e. The molecule has 0 spiro atoms. The van der Waals surface area contributed by atoms with Crippen molar-refractivity contribution in [1.29, 1.82) is 0 Å². The van der Waals surface area contributed by atoms with E-state index in [2.05, 4.69) is 42.2 Å². The molecule has 0 saturated carbocycles. The summed E-state index contributed by atoms with van der Waals surface area (Å²) in [5.74, 6) is 0.613. The molecule has 2 aromatic rings. The van der Waals surface area contributed by atoms with E-state index in [4.69, 9.17) is 14.2 Å². The minimum Gasteiger partial charge on any atom is -0.491 e. The molecule has 1 fully saturated rings. The molecule has 0 aliphatic carbocycles. The van der Waals surface area contributed by atoms with Crippen molar-refractivity contribution in [2.24, 2.45) is 0 Å². The second kappa shape index (κ2) is 15.4. The normalized spacial score (nSPS) is 14.4. The molecule has 0 bridgehead atoms. The number of anilines is 1. The van der Waals surface area contributed by atoms with Crippen LogP contribution in [0.4, 0.5) is 5.69 Å². The molecule has 1 aliphatic heterocycles. The molecule has 0 radical (unpaired) electrons. The number of hydrogen-bond donors (Lipinski definition) is 0. The Hall–Kier alpha value is -2.79. The summed E-state index contributed by atoms with van der Waals surface area (Å²) in [5, 5.41) is 0. The van der Waals surface area contributed by atoms with Crippen molar-refractivity contribution in [3.63, 3.8) is 0 Å². The Kier molecular flexibility index (Phi) is 11.9. The summed E-state index contributed by atoms with van der Waals surface area (Å²) in [4.78, 5) is 15.0. The number of esters is 1. The van der Waals surface area contributed by atoms with Gasteiger partial charge in [-0.25, -0.2) is 4.79 Å². The fourth-order valence-corrected chi connectivity index (χ4v) is 4.48. The molecule has 1 heterocycles. The van der Waals surface area contributed by atoms with Crippen molar-refractivity contribution in [3.05, 3.63) is 53.6 Å². The maximum absolute atomic E-state index is 12.5. The van der Waals surface area contributed by atoms with Gasteiger partial charge in [-0.3, -0.25) is 0 Å². The van der Waals surface area contributed by atoms with Gasteiger partial charge in [-0.05, 0) is 79.6 Å². The van der Waals surface area contributed by atoms with E-state index in [0.717, 1.165) is 55.0 Å². The van der Waals surface area contributed by atoms with E-state index < -0.39 is 0 Å². The Labute approximate surface area is 217 Å². The predicted molar refractivity (Wildman–Crippen MR) is 149 cm³/mol. The zero-order chi connectivity index (χ0) is 25.6. The quantitative estimate of drug-likeness (QED) is 0.167.